The summed E-state index contributed by atoms with van der Waals surface area (Å²) in [7, 11) is 0. The maximum absolute atomic E-state index is 13.0. The van der Waals surface area contributed by atoms with Crippen LogP contribution in [0.5, 0.6) is 0 Å². The van der Waals surface area contributed by atoms with Crippen molar-refractivity contribution >= 4 is 6.03 Å². The molecule has 0 fully saturated rings. The Hall–Kier alpha value is -1.95. The fraction of sp³-hybridized carbons (Fsp3) is 0.308. The second kappa shape index (κ2) is 6.84. The number of benzene rings is 1. The Balaban J connectivity index is 2.65. The predicted molar refractivity (Wildman–Crippen MR) is 67.5 cm³/mol. The lowest BCUT2D eigenvalue weighted by molar-refractivity contribution is 0.137. The molecule has 1 aromatic rings. The summed E-state index contributed by atoms with van der Waals surface area (Å²) in [6, 6.07) is 1.96. The van der Waals surface area contributed by atoms with Crippen LogP contribution in [0.3, 0.4) is 0 Å². The Labute approximate surface area is 110 Å². The Morgan fingerprint density at radius 3 is 2.74 bits per heavy atom. The van der Waals surface area contributed by atoms with E-state index >= 15 is 0 Å². The number of halogens is 2. The second-order valence-corrected chi connectivity index (χ2v) is 4.05. The van der Waals surface area contributed by atoms with Gasteiger partial charge in [-0.2, -0.15) is 0 Å². The topological polar surface area (TPSA) is 61.4 Å². The molecule has 6 heteroatoms. The molecule has 0 aromatic heterocycles. The molecule has 0 aliphatic carbocycles. The van der Waals surface area contributed by atoms with E-state index in [0.29, 0.717) is 6.54 Å². The maximum Gasteiger partial charge on any atom is 0.315 e. The van der Waals surface area contributed by atoms with Crippen LogP contribution >= 0.6 is 0 Å². The Kier molecular flexibility index (Phi) is 5.44. The zero-order valence-electron chi connectivity index (χ0n) is 10.5. The highest BCUT2D eigenvalue weighted by atomic mass is 19.2. The molecule has 1 rings (SSSR count). The van der Waals surface area contributed by atoms with Crippen LogP contribution < -0.4 is 10.6 Å². The number of amides is 2. The van der Waals surface area contributed by atoms with Gasteiger partial charge in [0.15, 0.2) is 11.6 Å². The third-order valence-electron chi connectivity index (χ3n) is 2.52. The molecule has 0 saturated carbocycles. The highest BCUT2D eigenvalue weighted by molar-refractivity contribution is 5.74. The summed E-state index contributed by atoms with van der Waals surface area (Å²) in [6.07, 6.45) is 0.375. The van der Waals surface area contributed by atoms with Crippen LogP contribution in [-0.2, 0) is 0 Å². The van der Waals surface area contributed by atoms with E-state index in [4.69, 9.17) is 0 Å². The number of carbonyl (C=O) groups excluding carboxylic acids is 1. The van der Waals surface area contributed by atoms with E-state index in [-0.39, 0.29) is 5.56 Å². The first kappa shape index (κ1) is 15.1. The largest absolute Gasteiger partial charge is 0.386 e. The van der Waals surface area contributed by atoms with Gasteiger partial charge in [-0.1, -0.05) is 12.1 Å². The quantitative estimate of drug-likeness (QED) is 0.715. The minimum Gasteiger partial charge on any atom is -0.386 e. The van der Waals surface area contributed by atoms with E-state index in [1.54, 1.807) is 6.92 Å². The minimum atomic E-state index is -1.13. The van der Waals surface area contributed by atoms with Crippen molar-refractivity contribution in [3.05, 3.63) is 48.1 Å². The van der Waals surface area contributed by atoms with Gasteiger partial charge in [0, 0.05) is 6.54 Å². The molecule has 2 atom stereocenters. The highest BCUT2D eigenvalue weighted by Gasteiger charge is 2.19. The van der Waals surface area contributed by atoms with Gasteiger partial charge >= 0.3 is 6.03 Å². The molecule has 3 N–H and O–H groups in total. The van der Waals surface area contributed by atoms with E-state index in [9.17, 15) is 18.7 Å². The van der Waals surface area contributed by atoms with Gasteiger partial charge in [0.05, 0.1) is 12.1 Å². The average Bonchev–Trinajstić information content (AvgIpc) is 2.38. The fourth-order valence-electron chi connectivity index (χ4n) is 1.49. The molecule has 0 aliphatic rings. The lowest BCUT2D eigenvalue weighted by atomic mass is 10.0. The van der Waals surface area contributed by atoms with Crippen molar-refractivity contribution in [3.63, 3.8) is 0 Å². The molecule has 104 valence electrons. The molecule has 4 nitrogen and oxygen atoms in total. The molecule has 0 spiro atoms. The Morgan fingerprint density at radius 1 is 1.47 bits per heavy atom. The van der Waals surface area contributed by atoms with E-state index in [1.165, 1.54) is 12.1 Å². The van der Waals surface area contributed by atoms with E-state index in [1.807, 2.05) is 0 Å². The van der Waals surface area contributed by atoms with Crippen LogP contribution in [0.2, 0.25) is 0 Å². The number of aliphatic hydroxyl groups excluding tert-OH is 1. The molecular formula is C13H16F2N2O2. The fourth-order valence-corrected chi connectivity index (χ4v) is 1.49. The molecule has 0 aliphatic heterocycles. The number of urea groups is 1. The lowest BCUT2D eigenvalue weighted by Crippen LogP contribution is -2.43. The van der Waals surface area contributed by atoms with Gasteiger partial charge in [0.25, 0.3) is 0 Å². The number of carbonyl (C=O) groups is 1. The maximum atomic E-state index is 13.0. The smallest absolute Gasteiger partial charge is 0.315 e. The normalized spacial score (nSPS) is 13.5. The third kappa shape index (κ3) is 4.33. The van der Waals surface area contributed by atoms with Crippen LogP contribution in [-0.4, -0.2) is 23.7 Å². The first-order valence-corrected chi connectivity index (χ1v) is 5.74. The van der Waals surface area contributed by atoms with Crippen LogP contribution in [0.4, 0.5) is 13.6 Å². The van der Waals surface area contributed by atoms with Crippen molar-refractivity contribution in [2.45, 2.75) is 19.1 Å². The van der Waals surface area contributed by atoms with Crippen LogP contribution in [0.25, 0.3) is 0 Å². The third-order valence-corrected chi connectivity index (χ3v) is 2.52. The summed E-state index contributed by atoms with van der Waals surface area (Å²) in [6.45, 7) is 5.29. The molecule has 1 aromatic carbocycles. The first-order chi connectivity index (χ1) is 8.95. The molecular weight excluding hydrogens is 254 g/mol. The number of nitrogens with one attached hydrogen (secondary N) is 2. The zero-order valence-corrected chi connectivity index (χ0v) is 10.5. The van der Waals surface area contributed by atoms with Crippen molar-refractivity contribution in [2.75, 3.05) is 6.54 Å². The SMILES string of the molecule is C=CCNC(=O)NC(C)C(O)c1ccc(F)c(F)c1. The van der Waals surface area contributed by atoms with Gasteiger partial charge in [0.1, 0.15) is 0 Å². The molecule has 0 bridgehead atoms. The minimum absolute atomic E-state index is 0.190. The Morgan fingerprint density at radius 2 is 2.16 bits per heavy atom. The van der Waals surface area contributed by atoms with Crippen molar-refractivity contribution < 1.29 is 18.7 Å². The zero-order chi connectivity index (χ0) is 14.4. The van der Waals surface area contributed by atoms with Gasteiger partial charge < -0.3 is 15.7 Å². The van der Waals surface area contributed by atoms with E-state index < -0.39 is 29.8 Å². The predicted octanol–water partition coefficient (Wildman–Crippen LogP) is 1.87. The number of aliphatic hydroxyl groups is 1. The molecule has 2 unspecified atom stereocenters. The average molecular weight is 270 g/mol. The lowest BCUT2D eigenvalue weighted by Gasteiger charge is -2.20. The molecule has 19 heavy (non-hydrogen) atoms. The second-order valence-electron chi connectivity index (χ2n) is 4.05. The Bertz CT molecular complexity index is 466. The summed E-state index contributed by atoms with van der Waals surface area (Å²) < 4.78 is 25.8. The van der Waals surface area contributed by atoms with Crippen LogP contribution in [0, 0.1) is 11.6 Å². The molecule has 2 amide bonds. The van der Waals surface area contributed by atoms with E-state index in [0.717, 1.165) is 12.1 Å². The molecule has 0 saturated heterocycles. The standard InChI is InChI=1S/C13H16F2N2O2/c1-3-6-16-13(19)17-8(2)12(18)9-4-5-10(14)11(15)7-9/h3-5,7-8,12,18H,1,6H2,2H3,(H2,16,17,19). The van der Waals surface area contributed by atoms with Gasteiger partial charge in [-0.25, -0.2) is 13.6 Å². The van der Waals surface area contributed by atoms with Gasteiger partial charge in [-0.05, 0) is 24.6 Å². The molecule has 0 heterocycles. The van der Waals surface area contributed by atoms with Crippen LogP contribution in [0.1, 0.15) is 18.6 Å². The van der Waals surface area contributed by atoms with Gasteiger partial charge in [-0.3, -0.25) is 0 Å². The summed E-state index contributed by atoms with van der Waals surface area (Å²) in [5, 5.41) is 14.9. The number of hydrogen-bond acceptors (Lipinski definition) is 2. The summed E-state index contributed by atoms with van der Waals surface area (Å²) >= 11 is 0. The van der Waals surface area contributed by atoms with Crippen molar-refractivity contribution in [3.8, 4) is 0 Å². The number of rotatable bonds is 5. The monoisotopic (exact) mass is 270 g/mol. The van der Waals surface area contributed by atoms with Crippen molar-refractivity contribution in [1.29, 1.82) is 0 Å². The van der Waals surface area contributed by atoms with Gasteiger partial charge in [0.2, 0.25) is 0 Å². The van der Waals surface area contributed by atoms with E-state index in [2.05, 4.69) is 17.2 Å². The summed E-state index contributed by atoms with van der Waals surface area (Å²) in [5.41, 5.74) is 0.190. The van der Waals surface area contributed by atoms with Crippen molar-refractivity contribution in [1.82, 2.24) is 10.6 Å². The van der Waals surface area contributed by atoms with Crippen molar-refractivity contribution in [2.24, 2.45) is 0 Å². The molecule has 0 radical (unpaired) electrons. The summed E-state index contributed by atoms with van der Waals surface area (Å²) in [5.74, 6) is -2.03. The summed E-state index contributed by atoms with van der Waals surface area (Å²) in [4.78, 5) is 11.4. The highest BCUT2D eigenvalue weighted by Crippen LogP contribution is 2.19. The number of hydrogen-bond donors (Lipinski definition) is 3. The van der Waals surface area contributed by atoms with Crippen LogP contribution in [0.15, 0.2) is 30.9 Å². The van der Waals surface area contributed by atoms with Gasteiger partial charge in [-0.15, -0.1) is 6.58 Å². The first-order valence-electron chi connectivity index (χ1n) is 5.74.